The van der Waals surface area contributed by atoms with Crippen LogP contribution < -0.4 is 5.32 Å². The van der Waals surface area contributed by atoms with Gasteiger partial charge in [0.05, 0.1) is 0 Å². The molecule has 1 saturated carbocycles. The van der Waals surface area contributed by atoms with E-state index in [4.69, 9.17) is 0 Å². The maximum atomic E-state index is 3.85. The van der Waals surface area contributed by atoms with Crippen molar-refractivity contribution in [2.45, 2.75) is 84.0 Å². The third-order valence-corrected chi connectivity index (χ3v) is 6.02. The Balaban J connectivity index is 2.03. The van der Waals surface area contributed by atoms with Crippen molar-refractivity contribution >= 4 is 0 Å². The average Bonchev–Trinajstić information content (AvgIpc) is 2.50. The molecule has 1 aliphatic carbocycles. The molecule has 1 heterocycles. The van der Waals surface area contributed by atoms with E-state index in [1.807, 2.05) is 0 Å². The molecule has 3 heteroatoms. The largest absolute Gasteiger partial charge is 0.312 e. The van der Waals surface area contributed by atoms with Crippen molar-refractivity contribution in [2.75, 3.05) is 26.7 Å². The van der Waals surface area contributed by atoms with Gasteiger partial charge in [-0.3, -0.25) is 9.80 Å². The quantitative estimate of drug-likeness (QED) is 0.841. The lowest BCUT2D eigenvalue weighted by molar-refractivity contribution is 0.00367. The van der Waals surface area contributed by atoms with Crippen LogP contribution in [0.2, 0.25) is 0 Å². The van der Waals surface area contributed by atoms with Crippen LogP contribution in [0.15, 0.2) is 0 Å². The number of hydrogen-bond acceptors (Lipinski definition) is 3. The maximum absolute atomic E-state index is 3.85. The van der Waals surface area contributed by atoms with Crippen LogP contribution in [0, 0.1) is 5.92 Å². The van der Waals surface area contributed by atoms with Crippen molar-refractivity contribution in [1.82, 2.24) is 15.1 Å². The third-order valence-electron chi connectivity index (χ3n) is 6.02. The Kier molecular flexibility index (Phi) is 6.51. The van der Waals surface area contributed by atoms with Crippen LogP contribution in [0.3, 0.4) is 0 Å². The molecule has 1 saturated heterocycles. The molecule has 2 aliphatic rings. The molecule has 0 radical (unpaired) electrons. The zero-order valence-electron chi connectivity index (χ0n) is 14.9. The number of hydrogen-bond donors (Lipinski definition) is 1. The van der Waals surface area contributed by atoms with Crippen molar-refractivity contribution in [3.63, 3.8) is 0 Å². The van der Waals surface area contributed by atoms with Crippen molar-refractivity contribution in [3.05, 3.63) is 0 Å². The molecule has 2 rings (SSSR count). The molecule has 3 nitrogen and oxygen atoms in total. The molecule has 0 bridgehead atoms. The number of nitrogens with zero attached hydrogens (tertiary/aromatic N) is 2. The van der Waals surface area contributed by atoms with E-state index in [1.165, 1.54) is 51.7 Å². The van der Waals surface area contributed by atoms with E-state index in [1.54, 1.807) is 0 Å². The summed E-state index contributed by atoms with van der Waals surface area (Å²) in [5.74, 6) is 0.944. The van der Waals surface area contributed by atoms with Gasteiger partial charge in [0.2, 0.25) is 0 Å². The fourth-order valence-electron chi connectivity index (χ4n) is 4.29. The number of rotatable bonds is 5. The number of likely N-dealkylation sites (N-methyl/N-ethyl adjacent to an activating group) is 1. The molecule has 5 atom stereocenters. The standard InChI is InChI=1S/C18H37N3/c1-6-10-19-17-9-8-16(7-2)11-18(17)21-12-14(3)20(5)15(4)13-21/h14-19H,6-13H2,1-5H3. The summed E-state index contributed by atoms with van der Waals surface area (Å²) in [7, 11) is 2.29. The summed E-state index contributed by atoms with van der Waals surface area (Å²) in [5, 5.41) is 3.85. The fraction of sp³-hybridized carbons (Fsp3) is 1.00. The van der Waals surface area contributed by atoms with Gasteiger partial charge < -0.3 is 5.32 Å². The molecule has 0 aromatic heterocycles. The Morgan fingerprint density at radius 1 is 1.05 bits per heavy atom. The van der Waals surface area contributed by atoms with Gasteiger partial charge in [-0.15, -0.1) is 0 Å². The first kappa shape index (κ1) is 17.2. The Morgan fingerprint density at radius 2 is 1.71 bits per heavy atom. The second-order valence-electron chi connectivity index (χ2n) is 7.53. The van der Waals surface area contributed by atoms with E-state index < -0.39 is 0 Å². The normalized spacial score (nSPS) is 39.6. The first-order valence-electron chi connectivity index (χ1n) is 9.26. The van der Waals surface area contributed by atoms with Gasteiger partial charge in [-0.05, 0) is 59.0 Å². The summed E-state index contributed by atoms with van der Waals surface area (Å²) in [6, 6.07) is 2.84. The van der Waals surface area contributed by atoms with E-state index in [-0.39, 0.29) is 0 Å². The highest BCUT2D eigenvalue weighted by atomic mass is 15.3. The molecule has 21 heavy (non-hydrogen) atoms. The number of nitrogens with one attached hydrogen (secondary N) is 1. The molecule has 124 valence electrons. The minimum absolute atomic E-state index is 0.683. The Bertz CT molecular complexity index is 295. The van der Waals surface area contributed by atoms with E-state index in [0.717, 1.165) is 18.0 Å². The Hall–Kier alpha value is -0.120. The molecule has 0 aromatic carbocycles. The second kappa shape index (κ2) is 7.94. The predicted octanol–water partition coefficient (Wildman–Crippen LogP) is 2.96. The molecule has 0 amide bonds. The van der Waals surface area contributed by atoms with Crippen LogP contribution in [-0.4, -0.2) is 60.6 Å². The van der Waals surface area contributed by atoms with Crippen LogP contribution in [0.4, 0.5) is 0 Å². The predicted molar refractivity (Wildman–Crippen MR) is 91.8 cm³/mol. The molecule has 5 unspecified atom stereocenters. The van der Waals surface area contributed by atoms with Crippen LogP contribution >= 0.6 is 0 Å². The summed E-state index contributed by atoms with van der Waals surface area (Å²) >= 11 is 0. The zero-order valence-corrected chi connectivity index (χ0v) is 14.9. The molecular formula is C18H37N3. The number of piperazine rings is 1. The minimum atomic E-state index is 0.683. The highest BCUT2D eigenvalue weighted by molar-refractivity contribution is 4.95. The van der Waals surface area contributed by atoms with Gasteiger partial charge in [0.1, 0.15) is 0 Å². The lowest BCUT2D eigenvalue weighted by Crippen LogP contribution is -2.62. The summed E-state index contributed by atoms with van der Waals surface area (Å²) < 4.78 is 0. The summed E-state index contributed by atoms with van der Waals surface area (Å²) in [5.41, 5.74) is 0. The van der Waals surface area contributed by atoms with Crippen molar-refractivity contribution in [3.8, 4) is 0 Å². The van der Waals surface area contributed by atoms with Crippen molar-refractivity contribution in [2.24, 2.45) is 5.92 Å². The Morgan fingerprint density at radius 3 is 2.29 bits per heavy atom. The van der Waals surface area contributed by atoms with Gasteiger partial charge in [0, 0.05) is 37.3 Å². The fourth-order valence-corrected chi connectivity index (χ4v) is 4.29. The first-order valence-corrected chi connectivity index (χ1v) is 9.26. The molecule has 2 fully saturated rings. The SMILES string of the molecule is CCCNC1CCC(CC)CC1N1CC(C)N(C)C(C)C1. The summed E-state index contributed by atoms with van der Waals surface area (Å²) in [4.78, 5) is 5.36. The first-order chi connectivity index (χ1) is 10.1. The van der Waals surface area contributed by atoms with Crippen molar-refractivity contribution < 1.29 is 0 Å². The van der Waals surface area contributed by atoms with Gasteiger partial charge in [-0.1, -0.05) is 20.3 Å². The smallest absolute Gasteiger partial charge is 0.0253 e. The van der Waals surface area contributed by atoms with E-state index in [2.05, 4.69) is 49.9 Å². The zero-order chi connectivity index (χ0) is 15.4. The van der Waals surface area contributed by atoms with Gasteiger partial charge in [-0.25, -0.2) is 0 Å². The van der Waals surface area contributed by atoms with E-state index in [0.29, 0.717) is 12.1 Å². The molecule has 1 N–H and O–H groups in total. The average molecular weight is 296 g/mol. The molecule has 0 spiro atoms. The lowest BCUT2D eigenvalue weighted by Gasteiger charge is -2.50. The Labute approximate surface area is 132 Å². The topological polar surface area (TPSA) is 18.5 Å². The minimum Gasteiger partial charge on any atom is -0.312 e. The summed E-state index contributed by atoms with van der Waals surface area (Å²) in [6.07, 6.45) is 6.80. The highest BCUT2D eigenvalue weighted by Crippen LogP contribution is 2.32. The van der Waals surface area contributed by atoms with Gasteiger partial charge >= 0.3 is 0 Å². The van der Waals surface area contributed by atoms with E-state index in [9.17, 15) is 0 Å². The second-order valence-corrected chi connectivity index (χ2v) is 7.53. The maximum Gasteiger partial charge on any atom is 0.0253 e. The molecule has 0 aromatic rings. The van der Waals surface area contributed by atoms with Crippen LogP contribution in [0.5, 0.6) is 0 Å². The highest BCUT2D eigenvalue weighted by Gasteiger charge is 2.37. The van der Waals surface area contributed by atoms with E-state index >= 15 is 0 Å². The van der Waals surface area contributed by atoms with Gasteiger partial charge in [0.15, 0.2) is 0 Å². The summed E-state index contributed by atoms with van der Waals surface area (Å²) in [6.45, 7) is 13.1. The lowest BCUT2D eigenvalue weighted by atomic mass is 9.79. The van der Waals surface area contributed by atoms with Crippen molar-refractivity contribution in [1.29, 1.82) is 0 Å². The third kappa shape index (κ3) is 4.20. The van der Waals surface area contributed by atoms with Gasteiger partial charge in [-0.2, -0.15) is 0 Å². The van der Waals surface area contributed by atoms with Gasteiger partial charge in [0.25, 0.3) is 0 Å². The monoisotopic (exact) mass is 295 g/mol. The van der Waals surface area contributed by atoms with Crippen LogP contribution in [-0.2, 0) is 0 Å². The molecular weight excluding hydrogens is 258 g/mol. The molecule has 1 aliphatic heterocycles. The van der Waals surface area contributed by atoms with Crippen LogP contribution in [0.25, 0.3) is 0 Å². The van der Waals surface area contributed by atoms with Crippen LogP contribution in [0.1, 0.15) is 59.8 Å².